The van der Waals surface area contributed by atoms with Gasteiger partial charge in [0.1, 0.15) is 11.4 Å². The number of morpholine rings is 1. The number of phenolic OH excluding ortho intramolecular Hbond substituents is 1. The molecule has 1 aliphatic carbocycles. The Bertz CT molecular complexity index is 2110. The van der Waals surface area contributed by atoms with Crippen LogP contribution < -0.4 is 15.4 Å². The number of carbonyl (C=O) groups is 3. The molecule has 1 aromatic heterocycles. The lowest BCUT2D eigenvalue weighted by atomic mass is 9.88. The van der Waals surface area contributed by atoms with E-state index in [1.165, 1.54) is 22.2 Å². The van der Waals surface area contributed by atoms with Crippen LogP contribution in [0.25, 0.3) is 10.1 Å². The van der Waals surface area contributed by atoms with Gasteiger partial charge >= 0.3 is 0 Å². The van der Waals surface area contributed by atoms with Gasteiger partial charge < -0.3 is 39.8 Å². The van der Waals surface area contributed by atoms with Gasteiger partial charge in [0.2, 0.25) is 5.91 Å². The number of rotatable bonds is 16. The molecule has 4 aromatic rings. The third-order valence-electron chi connectivity index (χ3n) is 12.7. The molecule has 2 saturated heterocycles. The molecule has 3 fully saturated rings. The normalized spacial score (nSPS) is 18.3. The quantitative estimate of drug-likeness (QED) is 0.0869. The molecule has 4 heterocycles. The van der Waals surface area contributed by atoms with E-state index in [-0.39, 0.29) is 41.7 Å². The van der Waals surface area contributed by atoms with Gasteiger partial charge in [-0.3, -0.25) is 19.3 Å². The second kappa shape index (κ2) is 19.9. The Morgan fingerprint density at radius 2 is 1.82 bits per heavy atom. The number of anilines is 1. The van der Waals surface area contributed by atoms with Gasteiger partial charge in [-0.15, -0.1) is 11.3 Å². The topological polar surface area (TPSA) is 133 Å². The second-order valence-corrected chi connectivity index (χ2v) is 17.8. The van der Waals surface area contributed by atoms with Crippen LogP contribution in [0.15, 0.2) is 66.0 Å². The lowest BCUT2D eigenvalue weighted by Crippen LogP contribution is -2.57. The van der Waals surface area contributed by atoms with E-state index in [4.69, 9.17) is 14.2 Å². The number of fused-ring (bicyclic) bond motifs is 2. The van der Waals surface area contributed by atoms with Crippen molar-refractivity contribution in [1.82, 2.24) is 20.0 Å². The van der Waals surface area contributed by atoms with Crippen LogP contribution in [0.2, 0.25) is 0 Å². The number of benzene rings is 3. The number of thiophene rings is 1. The van der Waals surface area contributed by atoms with Crippen molar-refractivity contribution in [3.05, 3.63) is 88.3 Å². The molecule has 13 heteroatoms. The lowest BCUT2D eigenvalue weighted by molar-refractivity contribution is -0.135. The smallest absolute Gasteiger partial charge is 0.262 e. The van der Waals surface area contributed by atoms with Crippen molar-refractivity contribution in [3.63, 3.8) is 0 Å². The summed E-state index contributed by atoms with van der Waals surface area (Å²) < 4.78 is 19.3. The van der Waals surface area contributed by atoms with Crippen LogP contribution in [0, 0.1) is 0 Å². The average Bonchev–Trinajstić information content (AvgIpc) is 3.75. The predicted molar refractivity (Wildman–Crippen MR) is 234 cm³/mol. The molecule has 3 aliphatic heterocycles. The molecule has 0 unspecified atom stereocenters. The molecule has 0 radical (unpaired) electrons. The van der Waals surface area contributed by atoms with Crippen LogP contribution in [0.3, 0.4) is 0 Å². The number of likely N-dealkylation sites (tertiary alicyclic amines) is 1. The molecule has 12 nitrogen and oxygen atoms in total. The third-order valence-corrected chi connectivity index (χ3v) is 13.6. The van der Waals surface area contributed by atoms with Crippen molar-refractivity contribution >= 4 is 44.8 Å². The Labute approximate surface area is 357 Å². The lowest BCUT2D eigenvalue weighted by Gasteiger charge is -2.47. The number of ether oxygens (including phenoxy) is 3. The Balaban J connectivity index is 0.745. The van der Waals surface area contributed by atoms with Crippen molar-refractivity contribution in [2.75, 3.05) is 77.6 Å². The predicted octanol–water partition coefficient (Wildman–Crippen LogP) is 6.39. The largest absolute Gasteiger partial charge is 0.506 e. The van der Waals surface area contributed by atoms with Crippen molar-refractivity contribution in [1.29, 1.82) is 0 Å². The number of carbonyl (C=O) groups excluding carboxylic acids is 3. The van der Waals surface area contributed by atoms with Crippen LogP contribution in [0.4, 0.5) is 5.69 Å². The zero-order chi connectivity index (χ0) is 41.3. The van der Waals surface area contributed by atoms with Crippen LogP contribution >= 0.6 is 11.3 Å². The monoisotopic (exact) mass is 837 g/mol. The molecule has 3 aromatic carbocycles. The summed E-state index contributed by atoms with van der Waals surface area (Å²) >= 11 is 1.70. The minimum absolute atomic E-state index is 0.00382. The first-order chi connectivity index (χ1) is 29.3. The van der Waals surface area contributed by atoms with Crippen molar-refractivity contribution < 1.29 is 33.7 Å². The highest BCUT2D eigenvalue weighted by atomic mass is 32.1. The minimum Gasteiger partial charge on any atom is -0.506 e. The standard InChI is InChI=1S/C47H59N5O7S/c53-40-11-9-36(45-44(40)49-42(54)32-58-45)13-19-48-20-23-52(39-7-2-1-3-8-39)43(55)15-26-57-25-14-34-5-4-6-35(29-34)31-50-21-17-47(18-22-50)33-51(24-27-59-47)46(56)38-10-12-41-37(30-38)16-28-60-41/h4-6,9-12,16,28-30,39,48,53H,1-3,7-8,13-15,17-27,31-33H2,(H,49,54). The molecule has 3 amide bonds. The fourth-order valence-electron chi connectivity index (χ4n) is 9.32. The van der Waals surface area contributed by atoms with Gasteiger partial charge in [-0.1, -0.05) is 49.6 Å². The van der Waals surface area contributed by atoms with Gasteiger partial charge in [0, 0.05) is 55.6 Å². The number of aromatic hydroxyl groups is 1. The SMILES string of the molecule is O=C1COc2c(CCNCCN(C(=O)CCOCCc3cccc(CN4CCC5(CC4)CN(C(=O)c4ccc6sccc6c4)CCO5)c3)C3CCCCC3)ccc(O)c2N1. The highest BCUT2D eigenvalue weighted by Crippen LogP contribution is 2.39. The highest BCUT2D eigenvalue weighted by Gasteiger charge is 2.41. The summed E-state index contributed by atoms with van der Waals surface area (Å²) in [7, 11) is 0. The Morgan fingerprint density at radius 3 is 2.68 bits per heavy atom. The average molecular weight is 838 g/mol. The van der Waals surface area contributed by atoms with Gasteiger partial charge in [-0.2, -0.15) is 0 Å². The first-order valence-corrected chi connectivity index (χ1v) is 22.8. The highest BCUT2D eigenvalue weighted by molar-refractivity contribution is 7.17. The number of nitrogens with zero attached hydrogens (tertiary/aromatic N) is 3. The summed E-state index contributed by atoms with van der Waals surface area (Å²) in [5.74, 6) is 0.491. The molecule has 0 atom stereocenters. The van der Waals surface area contributed by atoms with E-state index in [2.05, 4.69) is 62.2 Å². The number of hydrogen-bond acceptors (Lipinski definition) is 10. The number of amides is 3. The second-order valence-electron chi connectivity index (χ2n) is 16.8. The maximum Gasteiger partial charge on any atom is 0.262 e. The fourth-order valence-corrected chi connectivity index (χ4v) is 10.1. The van der Waals surface area contributed by atoms with E-state index < -0.39 is 0 Å². The third kappa shape index (κ3) is 10.5. The van der Waals surface area contributed by atoms with Crippen molar-refractivity contribution in [2.24, 2.45) is 0 Å². The number of nitrogens with one attached hydrogen (secondary N) is 2. The van der Waals surface area contributed by atoms with Gasteiger partial charge in [0.05, 0.1) is 38.4 Å². The van der Waals surface area contributed by atoms with E-state index in [0.29, 0.717) is 76.8 Å². The Kier molecular flexibility index (Phi) is 14.0. The van der Waals surface area contributed by atoms with Crippen LogP contribution in [-0.4, -0.2) is 121 Å². The molecular formula is C47H59N5O7S. The maximum atomic E-state index is 13.6. The van der Waals surface area contributed by atoms with E-state index in [1.54, 1.807) is 17.4 Å². The molecular weight excluding hydrogens is 779 g/mol. The van der Waals surface area contributed by atoms with E-state index in [9.17, 15) is 19.5 Å². The zero-order valence-electron chi connectivity index (χ0n) is 34.6. The van der Waals surface area contributed by atoms with Crippen molar-refractivity contribution in [3.8, 4) is 11.5 Å². The molecule has 320 valence electrons. The molecule has 60 heavy (non-hydrogen) atoms. The zero-order valence-corrected chi connectivity index (χ0v) is 35.4. The minimum atomic E-state index is -0.281. The van der Waals surface area contributed by atoms with Gasteiger partial charge in [-0.05, 0) is 103 Å². The summed E-state index contributed by atoms with van der Waals surface area (Å²) in [6, 6.07) is 20.5. The number of hydrogen-bond donors (Lipinski definition) is 3. The first-order valence-electron chi connectivity index (χ1n) is 21.9. The van der Waals surface area contributed by atoms with Crippen LogP contribution in [0.5, 0.6) is 11.5 Å². The molecule has 1 spiro atoms. The fraction of sp³-hybridized carbons (Fsp3) is 0.511. The van der Waals surface area contributed by atoms with E-state index >= 15 is 0 Å². The summed E-state index contributed by atoms with van der Waals surface area (Å²) in [4.78, 5) is 45.4. The maximum absolute atomic E-state index is 13.6. The molecule has 1 saturated carbocycles. The summed E-state index contributed by atoms with van der Waals surface area (Å²) in [5, 5.41) is 19.5. The summed E-state index contributed by atoms with van der Waals surface area (Å²) in [6.45, 7) is 7.48. The van der Waals surface area contributed by atoms with E-state index in [0.717, 1.165) is 81.1 Å². The van der Waals surface area contributed by atoms with Gasteiger partial charge in [0.15, 0.2) is 12.4 Å². The van der Waals surface area contributed by atoms with Crippen LogP contribution in [0.1, 0.15) is 78.4 Å². The molecule has 3 N–H and O–H groups in total. The van der Waals surface area contributed by atoms with Crippen LogP contribution in [-0.2, 0) is 38.4 Å². The Morgan fingerprint density at radius 1 is 0.967 bits per heavy atom. The van der Waals surface area contributed by atoms with Gasteiger partial charge in [0.25, 0.3) is 11.8 Å². The Hall–Kier alpha value is -4.53. The van der Waals surface area contributed by atoms with E-state index in [1.807, 2.05) is 23.1 Å². The number of piperidine rings is 1. The first kappa shape index (κ1) is 42.2. The van der Waals surface area contributed by atoms with Crippen molar-refractivity contribution in [2.45, 2.75) is 82.4 Å². The summed E-state index contributed by atoms with van der Waals surface area (Å²) in [5.41, 5.74) is 4.23. The van der Waals surface area contributed by atoms with Gasteiger partial charge in [-0.25, -0.2) is 0 Å². The summed E-state index contributed by atoms with van der Waals surface area (Å²) in [6.07, 6.45) is 9.27. The molecule has 4 aliphatic rings. The molecule has 8 rings (SSSR count). The molecule has 0 bridgehead atoms. The number of phenols is 1.